The maximum Gasteiger partial charge on any atom is 0.222 e. The van der Waals surface area contributed by atoms with Crippen LogP contribution in [0.1, 0.15) is 29.5 Å². The zero-order valence-corrected chi connectivity index (χ0v) is 12.2. The average Bonchev–Trinajstić information content (AvgIpc) is 2.41. The second-order valence-corrected chi connectivity index (χ2v) is 4.75. The van der Waals surface area contributed by atoms with E-state index >= 15 is 0 Å². The van der Waals surface area contributed by atoms with Gasteiger partial charge in [-0.05, 0) is 43.0 Å². The highest BCUT2D eigenvalue weighted by atomic mass is 16.5. The topological polar surface area (TPSA) is 49.8 Å². The molecule has 1 rings (SSSR count). The van der Waals surface area contributed by atoms with Crippen molar-refractivity contribution in [1.82, 2.24) is 4.90 Å². The van der Waals surface area contributed by atoms with E-state index in [0.717, 1.165) is 22.4 Å². The van der Waals surface area contributed by atoms with Crippen LogP contribution >= 0.6 is 0 Å². The SMILES string of the molecule is COc1ccc(CN(C)C(=O)CCCO)c(C)c1C. The molecular weight excluding hydrogens is 242 g/mol. The molecule has 1 aromatic carbocycles. The van der Waals surface area contributed by atoms with E-state index in [1.54, 1.807) is 19.1 Å². The van der Waals surface area contributed by atoms with Crippen LogP contribution in [0, 0.1) is 13.8 Å². The normalized spacial score (nSPS) is 10.4. The van der Waals surface area contributed by atoms with Gasteiger partial charge in [0.2, 0.25) is 5.91 Å². The van der Waals surface area contributed by atoms with Crippen molar-refractivity contribution in [3.8, 4) is 5.75 Å². The number of nitrogens with zero attached hydrogens (tertiary/aromatic N) is 1. The summed E-state index contributed by atoms with van der Waals surface area (Å²) in [5.74, 6) is 0.928. The number of benzene rings is 1. The summed E-state index contributed by atoms with van der Waals surface area (Å²) in [6, 6.07) is 3.93. The Morgan fingerprint density at radius 1 is 1.32 bits per heavy atom. The molecule has 0 atom stereocenters. The molecular formula is C15H23NO3. The first-order valence-corrected chi connectivity index (χ1v) is 6.49. The molecule has 0 aliphatic heterocycles. The lowest BCUT2D eigenvalue weighted by atomic mass is 10.0. The number of rotatable bonds is 6. The monoisotopic (exact) mass is 265 g/mol. The number of methoxy groups -OCH3 is 1. The quantitative estimate of drug-likeness (QED) is 0.856. The third-order valence-electron chi connectivity index (χ3n) is 3.45. The minimum Gasteiger partial charge on any atom is -0.496 e. The van der Waals surface area contributed by atoms with Gasteiger partial charge in [0, 0.05) is 26.6 Å². The Labute approximate surface area is 115 Å². The number of hydrogen-bond acceptors (Lipinski definition) is 3. The van der Waals surface area contributed by atoms with Crippen molar-refractivity contribution >= 4 is 5.91 Å². The summed E-state index contributed by atoms with van der Waals surface area (Å²) in [5.41, 5.74) is 3.38. The minimum atomic E-state index is 0.0558. The first-order chi connectivity index (χ1) is 9.01. The van der Waals surface area contributed by atoms with Crippen molar-refractivity contribution in [3.63, 3.8) is 0 Å². The molecule has 0 radical (unpaired) electrons. The predicted octanol–water partition coefficient (Wildman–Crippen LogP) is 2.04. The third-order valence-corrected chi connectivity index (χ3v) is 3.45. The Hall–Kier alpha value is -1.55. The van der Waals surface area contributed by atoms with Crippen molar-refractivity contribution in [2.45, 2.75) is 33.2 Å². The van der Waals surface area contributed by atoms with Crippen molar-refractivity contribution < 1.29 is 14.6 Å². The fraction of sp³-hybridized carbons (Fsp3) is 0.533. The lowest BCUT2D eigenvalue weighted by Crippen LogP contribution is -2.26. The van der Waals surface area contributed by atoms with Crippen LogP contribution in [-0.4, -0.2) is 36.7 Å². The Balaban J connectivity index is 2.77. The lowest BCUT2D eigenvalue weighted by molar-refractivity contribution is -0.130. The highest BCUT2D eigenvalue weighted by molar-refractivity contribution is 5.75. The molecule has 4 nitrogen and oxygen atoms in total. The first kappa shape index (κ1) is 15.5. The summed E-state index contributed by atoms with van der Waals surface area (Å²) in [6.45, 7) is 4.70. The molecule has 0 aromatic heterocycles. The number of carbonyl (C=O) groups excluding carboxylic acids is 1. The van der Waals surface area contributed by atoms with Crippen LogP contribution in [0.15, 0.2) is 12.1 Å². The molecule has 0 aliphatic rings. The molecule has 106 valence electrons. The molecule has 0 aliphatic carbocycles. The molecule has 0 unspecified atom stereocenters. The molecule has 1 aromatic rings. The zero-order valence-electron chi connectivity index (χ0n) is 12.2. The molecule has 1 amide bonds. The van der Waals surface area contributed by atoms with Crippen molar-refractivity contribution in [2.24, 2.45) is 0 Å². The second kappa shape index (κ2) is 7.14. The molecule has 0 fully saturated rings. The number of carbonyl (C=O) groups is 1. The molecule has 4 heteroatoms. The standard InChI is InChI=1S/C15H23NO3/c1-11-12(2)14(19-4)8-7-13(11)10-16(3)15(18)6-5-9-17/h7-8,17H,5-6,9-10H2,1-4H3. The fourth-order valence-corrected chi connectivity index (χ4v) is 2.01. The summed E-state index contributed by atoms with van der Waals surface area (Å²) >= 11 is 0. The Morgan fingerprint density at radius 3 is 2.58 bits per heavy atom. The molecule has 1 N–H and O–H groups in total. The van der Waals surface area contributed by atoms with E-state index in [1.165, 1.54) is 0 Å². The highest BCUT2D eigenvalue weighted by Crippen LogP contribution is 2.24. The Morgan fingerprint density at radius 2 is 2.00 bits per heavy atom. The van der Waals surface area contributed by atoms with Gasteiger partial charge in [-0.25, -0.2) is 0 Å². The van der Waals surface area contributed by atoms with E-state index < -0.39 is 0 Å². The number of amides is 1. The van der Waals surface area contributed by atoms with Crippen LogP contribution in [0.5, 0.6) is 5.75 Å². The van der Waals surface area contributed by atoms with E-state index in [0.29, 0.717) is 19.4 Å². The minimum absolute atomic E-state index is 0.0558. The third kappa shape index (κ3) is 3.96. The summed E-state index contributed by atoms with van der Waals surface area (Å²) in [5, 5.41) is 8.74. The number of aliphatic hydroxyl groups is 1. The summed E-state index contributed by atoms with van der Waals surface area (Å²) in [6.07, 6.45) is 0.908. The van der Waals surface area contributed by atoms with E-state index in [4.69, 9.17) is 9.84 Å². The number of aliphatic hydroxyl groups excluding tert-OH is 1. The van der Waals surface area contributed by atoms with E-state index in [2.05, 4.69) is 0 Å². The van der Waals surface area contributed by atoms with Gasteiger partial charge in [0.15, 0.2) is 0 Å². The van der Waals surface area contributed by atoms with Crippen LogP contribution < -0.4 is 4.74 Å². The fourth-order valence-electron chi connectivity index (χ4n) is 2.01. The van der Waals surface area contributed by atoms with Gasteiger partial charge in [0.25, 0.3) is 0 Å². The smallest absolute Gasteiger partial charge is 0.222 e. The van der Waals surface area contributed by atoms with Gasteiger partial charge in [-0.3, -0.25) is 4.79 Å². The van der Waals surface area contributed by atoms with Crippen LogP contribution in [0.25, 0.3) is 0 Å². The van der Waals surface area contributed by atoms with Crippen LogP contribution in [0.2, 0.25) is 0 Å². The largest absolute Gasteiger partial charge is 0.496 e. The zero-order chi connectivity index (χ0) is 14.4. The van der Waals surface area contributed by atoms with E-state index in [-0.39, 0.29) is 12.5 Å². The van der Waals surface area contributed by atoms with Crippen molar-refractivity contribution in [3.05, 3.63) is 28.8 Å². The second-order valence-electron chi connectivity index (χ2n) is 4.75. The average molecular weight is 265 g/mol. The van der Waals surface area contributed by atoms with Gasteiger partial charge in [-0.15, -0.1) is 0 Å². The van der Waals surface area contributed by atoms with Gasteiger partial charge in [0.1, 0.15) is 5.75 Å². The van der Waals surface area contributed by atoms with Crippen LogP contribution in [-0.2, 0) is 11.3 Å². The van der Waals surface area contributed by atoms with Crippen LogP contribution in [0.3, 0.4) is 0 Å². The molecule has 0 spiro atoms. The summed E-state index contributed by atoms with van der Waals surface area (Å²) < 4.78 is 5.28. The van der Waals surface area contributed by atoms with Gasteiger partial charge < -0.3 is 14.7 Å². The Bertz CT molecular complexity index is 443. The van der Waals surface area contributed by atoms with Gasteiger partial charge >= 0.3 is 0 Å². The van der Waals surface area contributed by atoms with E-state index in [1.807, 2.05) is 26.0 Å². The first-order valence-electron chi connectivity index (χ1n) is 6.49. The van der Waals surface area contributed by atoms with Crippen LogP contribution in [0.4, 0.5) is 0 Å². The molecule has 0 bridgehead atoms. The molecule has 0 saturated carbocycles. The molecule has 0 saturated heterocycles. The Kier molecular flexibility index (Phi) is 5.83. The predicted molar refractivity (Wildman–Crippen MR) is 75.3 cm³/mol. The lowest BCUT2D eigenvalue weighted by Gasteiger charge is -2.20. The van der Waals surface area contributed by atoms with Gasteiger partial charge in [-0.2, -0.15) is 0 Å². The highest BCUT2D eigenvalue weighted by Gasteiger charge is 2.12. The van der Waals surface area contributed by atoms with Crippen molar-refractivity contribution in [1.29, 1.82) is 0 Å². The number of ether oxygens (including phenoxy) is 1. The summed E-state index contributed by atoms with van der Waals surface area (Å²) in [7, 11) is 3.45. The molecule has 19 heavy (non-hydrogen) atoms. The number of hydrogen-bond donors (Lipinski definition) is 1. The molecule has 0 heterocycles. The van der Waals surface area contributed by atoms with Gasteiger partial charge in [0.05, 0.1) is 7.11 Å². The van der Waals surface area contributed by atoms with Gasteiger partial charge in [-0.1, -0.05) is 6.07 Å². The van der Waals surface area contributed by atoms with E-state index in [9.17, 15) is 4.79 Å². The maximum atomic E-state index is 11.8. The maximum absolute atomic E-state index is 11.8. The van der Waals surface area contributed by atoms with Crippen molar-refractivity contribution in [2.75, 3.05) is 20.8 Å². The summed E-state index contributed by atoms with van der Waals surface area (Å²) in [4.78, 5) is 13.5.